The molecule has 142 valence electrons. The third-order valence-electron chi connectivity index (χ3n) is 5.77. The number of likely N-dealkylation sites (tertiary alicyclic amines) is 1. The van der Waals surface area contributed by atoms with E-state index in [0.717, 1.165) is 32.2 Å². The van der Waals surface area contributed by atoms with Crippen molar-refractivity contribution in [2.24, 2.45) is 0 Å². The number of fused-ring (bicyclic) bond motifs is 1. The Kier molecular flexibility index (Phi) is 5.16. The van der Waals surface area contributed by atoms with Crippen LogP contribution in [0.3, 0.4) is 0 Å². The number of likely N-dealkylation sites (N-methyl/N-ethyl adjacent to an activating group) is 1. The maximum atomic E-state index is 13.0. The summed E-state index contributed by atoms with van der Waals surface area (Å²) in [5, 5.41) is 0. The van der Waals surface area contributed by atoms with Crippen molar-refractivity contribution < 1.29 is 14.3 Å². The molecule has 0 N–H and O–H groups in total. The molecule has 2 atom stereocenters. The van der Waals surface area contributed by atoms with E-state index in [2.05, 4.69) is 16.7 Å². The van der Waals surface area contributed by atoms with E-state index in [9.17, 15) is 9.59 Å². The highest BCUT2D eigenvalue weighted by Gasteiger charge is 2.48. The van der Waals surface area contributed by atoms with Crippen molar-refractivity contribution in [3.05, 3.63) is 0 Å². The van der Waals surface area contributed by atoms with Crippen molar-refractivity contribution >= 4 is 12.1 Å². The Morgan fingerprint density at radius 2 is 1.68 bits per heavy atom. The monoisotopic (exact) mass is 351 g/mol. The Morgan fingerprint density at radius 1 is 1.08 bits per heavy atom. The second-order valence-electron chi connectivity index (χ2n) is 8.59. The van der Waals surface area contributed by atoms with E-state index in [4.69, 9.17) is 4.74 Å². The summed E-state index contributed by atoms with van der Waals surface area (Å²) < 4.78 is 5.48. The van der Waals surface area contributed by atoms with Crippen LogP contribution in [0.1, 0.15) is 66.2 Å². The van der Waals surface area contributed by atoms with E-state index in [1.807, 2.05) is 20.8 Å². The molecule has 1 saturated carbocycles. The first-order valence-corrected chi connectivity index (χ1v) is 9.88. The lowest BCUT2D eigenvalue weighted by Crippen LogP contribution is -2.51. The van der Waals surface area contributed by atoms with Gasteiger partial charge in [-0.15, -0.1) is 0 Å². The zero-order valence-corrected chi connectivity index (χ0v) is 16.2. The molecule has 6 nitrogen and oxygen atoms in total. The first-order chi connectivity index (χ1) is 11.8. The van der Waals surface area contributed by atoms with Crippen molar-refractivity contribution in [3.63, 3.8) is 0 Å². The highest BCUT2D eigenvalue weighted by atomic mass is 16.6. The zero-order chi connectivity index (χ0) is 18.2. The lowest BCUT2D eigenvalue weighted by Gasteiger charge is -2.40. The summed E-state index contributed by atoms with van der Waals surface area (Å²) in [6.45, 7) is 9.90. The molecule has 3 rings (SSSR count). The van der Waals surface area contributed by atoms with Crippen LogP contribution in [0.15, 0.2) is 0 Å². The van der Waals surface area contributed by atoms with E-state index in [-0.39, 0.29) is 18.2 Å². The summed E-state index contributed by atoms with van der Waals surface area (Å²) in [4.78, 5) is 31.2. The molecule has 2 aliphatic heterocycles. The number of hydrogen-bond acceptors (Lipinski definition) is 3. The van der Waals surface area contributed by atoms with Gasteiger partial charge in [-0.2, -0.15) is 0 Å². The number of urea groups is 1. The van der Waals surface area contributed by atoms with Gasteiger partial charge in [0.1, 0.15) is 5.60 Å². The molecule has 3 amide bonds. The third kappa shape index (κ3) is 3.72. The molecular weight excluding hydrogens is 318 g/mol. The molecule has 6 heteroatoms. The van der Waals surface area contributed by atoms with Gasteiger partial charge in [0.05, 0.1) is 12.1 Å². The van der Waals surface area contributed by atoms with Crippen LogP contribution in [0.2, 0.25) is 0 Å². The zero-order valence-electron chi connectivity index (χ0n) is 16.2. The van der Waals surface area contributed by atoms with Crippen LogP contribution in [0.5, 0.6) is 0 Å². The summed E-state index contributed by atoms with van der Waals surface area (Å²) in [5.74, 6) is 0. The number of rotatable bonds is 2. The quantitative estimate of drug-likeness (QED) is 0.766. The molecule has 0 bridgehead atoms. The summed E-state index contributed by atoms with van der Waals surface area (Å²) >= 11 is 0. The Labute approximate surface area is 151 Å². The molecule has 25 heavy (non-hydrogen) atoms. The predicted octanol–water partition coefficient (Wildman–Crippen LogP) is 3.45. The van der Waals surface area contributed by atoms with Gasteiger partial charge in [0, 0.05) is 25.7 Å². The number of nitrogens with zero attached hydrogens (tertiary/aromatic N) is 3. The van der Waals surface area contributed by atoms with E-state index in [1.54, 1.807) is 4.90 Å². The fourth-order valence-corrected chi connectivity index (χ4v) is 4.66. The van der Waals surface area contributed by atoms with E-state index in [1.165, 1.54) is 12.8 Å². The molecule has 0 aromatic rings. The van der Waals surface area contributed by atoms with Gasteiger partial charge in [0.25, 0.3) is 0 Å². The number of amides is 3. The molecule has 2 unspecified atom stereocenters. The maximum Gasteiger partial charge on any atom is 0.410 e. The van der Waals surface area contributed by atoms with Crippen LogP contribution in [-0.4, -0.2) is 70.2 Å². The largest absolute Gasteiger partial charge is 0.444 e. The van der Waals surface area contributed by atoms with E-state index < -0.39 is 5.60 Å². The second kappa shape index (κ2) is 7.04. The SMILES string of the molecule is CCN1C(=O)N(C2CCN(C(=O)OC(C)(C)C)CC2)C2CCCCC21. The predicted molar refractivity (Wildman–Crippen MR) is 96.5 cm³/mol. The van der Waals surface area contributed by atoms with Gasteiger partial charge in [-0.25, -0.2) is 9.59 Å². The molecular formula is C19H33N3O3. The fraction of sp³-hybridized carbons (Fsp3) is 0.895. The Balaban J connectivity index is 1.62. The summed E-state index contributed by atoms with van der Waals surface area (Å²) in [6.07, 6.45) is 6.19. The van der Waals surface area contributed by atoms with Gasteiger partial charge in [-0.3, -0.25) is 0 Å². The van der Waals surface area contributed by atoms with Crippen molar-refractivity contribution in [1.29, 1.82) is 0 Å². The Hall–Kier alpha value is -1.46. The molecule has 0 spiro atoms. The highest BCUT2D eigenvalue weighted by molar-refractivity contribution is 5.78. The standard InChI is InChI=1S/C19H33N3O3/c1-5-21-15-8-6-7-9-16(15)22(17(21)23)14-10-12-20(13-11-14)18(24)25-19(2,3)4/h14-16H,5-13H2,1-4H3. The summed E-state index contributed by atoms with van der Waals surface area (Å²) in [5.41, 5.74) is -0.463. The van der Waals surface area contributed by atoms with Crippen molar-refractivity contribution in [1.82, 2.24) is 14.7 Å². The van der Waals surface area contributed by atoms with Crippen LogP contribution in [0.25, 0.3) is 0 Å². The first kappa shape index (κ1) is 18.3. The molecule has 0 radical (unpaired) electrons. The smallest absolute Gasteiger partial charge is 0.410 e. The van der Waals surface area contributed by atoms with Crippen LogP contribution < -0.4 is 0 Å². The van der Waals surface area contributed by atoms with Crippen LogP contribution in [0.4, 0.5) is 9.59 Å². The maximum absolute atomic E-state index is 13.0. The Morgan fingerprint density at radius 3 is 2.24 bits per heavy atom. The fourth-order valence-electron chi connectivity index (χ4n) is 4.66. The molecule has 2 heterocycles. The van der Waals surface area contributed by atoms with Gasteiger partial charge in [0.2, 0.25) is 0 Å². The molecule has 0 aromatic carbocycles. The lowest BCUT2D eigenvalue weighted by molar-refractivity contribution is 0.0151. The van der Waals surface area contributed by atoms with E-state index >= 15 is 0 Å². The van der Waals surface area contributed by atoms with Gasteiger partial charge in [-0.1, -0.05) is 12.8 Å². The third-order valence-corrected chi connectivity index (χ3v) is 5.77. The molecule has 0 aromatic heterocycles. The highest BCUT2D eigenvalue weighted by Crippen LogP contribution is 2.37. The number of carbonyl (C=O) groups excluding carboxylic acids is 2. The first-order valence-electron chi connectivity index (χ1n) is 9.88. The van der Waals surface area contributed by atoms with Gasteiger partial charge < -0.3 is 19.4 Å². The van der Waals surface area contributed by atoms with Gasteiger partial charge >= 0.3 is 12.1 Å². The van der Waals surface area contributed by atoms with E-state index in [0.29, 0.717) is 25.2 Å². The normalized spacial score (nSPS) is 28.3. The van der Waals surface area contributed by atoms with Crippen LogP contribution in [0, 0.1) is 0 Å². The second-order valence-corrected chi connectivity index (χ2v) is 8.59. The number of piperidine rings is 1. The topological polar surface area (TPSA) is 53.1 Å². The molecule has 2 saturated heterocycles. The minimum absolute atomic E-state index is 0.218. The van der Waals surface area contributed by atoms with Crippen molar-refractivity contribution in [2.45, 2.75) is 89.9 Å². The van der Waals surface area contributed by atoms with Crippen LogP contribution in [-0.2, 0) is 4.74 Å². The number of ether oxygens (including phenoxy) is 1. The Bertz CT molecular complexity index is 509. The molecule has 3 fully saturated rings. The average Bonchev–Trinajstić information content (AvgIpc) is 2.84. The minimum Gasteiger partial charge on any atom is -0.444 e. The van der Waals surface area contributed by atoms with Crippen molar-refractivity contribution in [3.8, 4) is 0 Å². The summed E-state index contributed by atoms with van der Waals surface area (Å²) in [7, 11) is 0. The van der Waals surface area contributed by atoms with Gasteiger partial charge in [-0.05, 0) is 53.4 Å². The summed E-state index contributed by atoms with van der Waals surface area (Å²) in [6, 6.07) is 1.25. The molecule has 3 aliphatic rings. The number of hydrogen-bond donors (Lipinski definition) is 0. The number of carbonyl (C=O) groups is 2. The minimum atomic E-state index is -0.463. The average molecular weight is 351 g/mol. The lowest BCUT2D eigenvalue weighted by atomic mass is 9.89. The van der Waals surface area contributed by atoms with Crippen molar-refractivity contribution in [2.75, 3.05) is 19.6 Å². The van der Waals surface area contributed by atoms with Gasteiger partial charge in [0.15, 0.2) is 0 Å². The van der Waals surface area contributed by atoms with Crippen LogP contribution >= 0.6 is 0 Å². The molecule has 1 aliphatic carbocycles.